The van der Waals surface area contributed by atoms with Gasteiger partial charge in [0.25, 0.3) is 5.91 Å². The van der Waals surface area contributed by atoms with Crippen molar-refractivity contribution in [2.24, 2.45) is 0 Å². The van der Waals surface area contributed by atoms with E-state index in [0.29, 0.717) is 17.5 Å². The molecule has 0 radical (unpaired) electrons. The highest BCUT2D eigenvalue weighted by Crippen LogP contribution is 2.30. The van der Waals surface area contributed by atoms with Gasteiger partial charge in [0, 0.05) is 6.04 Å². The molecule has 4 nitrogen and oxygen atoms in total. The van der Waals surface area contributed by atoms with E-state index in [0.717, 1.165) is 17.3 Å². The van der Waals surface area contributed by atoms with E-state index in [2.05, 4.69) is 21.2 Å². The molecule has 0 bridgehead atoms. The predicted octanol–water partition coefficient (Wildman–Crippen LogP) is 2.47. The maximum atomic E-state index is 11.7. The van der Waals surface area contributed by atoms with Gasteiger partial charge in [-0.3, -0.25) is 4.79 Å². The van der Waals surface area contributed by atoms with Crippen molar-refractivity contribution >= 4 is 27.5 Å². The lowest BCUT2D eigenvalue weighted by atomic mass is 10.2. The number of para-hydroxylation sites is 1. The van der Waals surface area contributed by atoms with Gasteiger partial charge >= 0.3 is 0 Å². The fraction of sp³-hybridized carbons (Fsp3) is 0.462. The lowest BCUT2D eigenvalue weighted by molar-refractivity contribution is -0.123. The van der Waals surface area contributed by atoms with Crippen LogP contribution in [0.3, 0.4) is 0 Å². The van der Waals surface area contributed by atoms with Crippen LogP contribution in [0.4, 0.5) is 5.69 Å². The van der Waals surface area contributed by atoms with E-state index < -0.39 is 0 Å². The van der Waals surface area contributed by atoms with Gasteiger partial charge in [0.15, 0.2) is 12.4 Å². The van der Waals surface area contributed by atoms with Crippen molar-refractivity contribution in [3.8, 4) is 5.75 Å². The minimum absolute atomic E-state index is 0.00329. The highest BCUT2D eigenvalue weighted by atomic mass is 79.9. The Labute approximate surface area is 115 Å². The number of benzene rings is 1. The number of hydrogen-bond donors (Lipinski definition) is 2. The molecule has 0 heterocycles. The van der Waals surface area contributed by atoms with Crippen LogP contribution < -0.4 is 15.8 Å². The molecule has 98 valence electrons. The van der Waals surface area contributed by atoms with Crippen LogP contribution in [0.15, 0.2) is 22.7 Å². The first-order chi connectivity index (χ1) is 8.66. The molecule has 1 aliphatic carbocycles. The van der Waals surface area contributed by atoms with E-state index in [9.17, 15) is 4.79 Å². The van der Waals surface area contributed by atoms with Crippen LogP contribution in [-0.2, 0) is 4.79 Å². The number of nitrogens with two attached hydrogens (primary N) is 1. The van der Waals surface area contributed by atoms with Crippen LogP contribution in [0.1, 0.15) is 25.7 Å². The number of amides is 1. The summed E-state index contributed by atoms with van der Waals surface area (Å²) in [5.74, 6) is 0.441. The Morgan fingerprint density at radius 1 is 1.44 bits per heavy atom. The molecule has 5 heteroatoms. The summed E-state index contributed by atoms with van der Waals surface area (Å²) in [6, 6.07) is 5.72. The highest BCUT2D eigenvalue weighted by Gasteiger charge is 2.17. The van der Waals surface area contributed by atoms with Crippen LogP contribution in [0, 0.1) is 0 Å². The van der Waals surface area contributed by atoms with Crippen LogP contribution in [0.2, 0.25) is 0 Å². The summed E-state index contributed by atoms with van der Waals surface area (Å²) in [6.07, 6.45) is 4.54. The molecule has 2 rings (SSSR count). The van der Waals surface area contributed by atoms with E-state index in [1.807, 2.05) is 12.1 Å². The minimum Gasteiger partial charge on any atom is -0.480 e. The number of anilines is 1. The van der Waals surface area contributed by atoms with Gasteiger partial charge in [-0.05, 0) is 40.9 Å². The molecule has 0 aliphatic heterocycles. The van der Waals surface area contributed by atoms with Crippen molar-refractivity contribution in [2.45, 2.75) is 31.7 Å². The molecule has 1 aliphatic rings. The number of nitrogens with one attached hydrogen (secondary N) is 1. The molecule has 1 saturated carbocycles. The molecule has 3 N–H and O–H groups in total. The van der Waals surface area contributed by atoms with Crippen molar-refractivity contribution in [1.29, 1.82) is 0 Å². The molecule has 0 saturated heterocycles. The number of hydrogen-bond acceptors (Lipinski definition) is 3. The fourth-order valence-corrected chi connectivity index (χ4v) is 2.65. The lowest BCUT2D eigenvalue weighted by Crippen LogP contribution is -2.36. The number of halogens is 1. The van der Waals surface area contributed by atoms with Crippen molar-refractivity contribution in [3.05, 3.63) is 22.7 Å². The monoisotopic (exact) mass is 312 g/mol. The van der Waals surface area contributed by atoms with Gasteiger partial charge in [0.05, 0.1) is 10.2 Å². The molecule has 0 spiro atoms. The number of ether oxygens (including phenoxy) is 1. The average Bonchev–Trinajstić information content (AvgIpc) is 2.81. The van der Waals surface area contributed by atoms with Gasteiger partial charge in [0.2, 0.25) is 0 Å². The Morgan fingerprint density at radius 2 is 2.17 bits per heavy atom. The van der Waals surface area contributed by atoms with Crippen LogP contribution in [0.5, 0.6) is 5.75 Å². The van der Waals surface area contributed by atoms with Crippen molar-refractivity contribution in [1.82, 2.24) is 5.32 Å². The van der Waals surface area contributed by atoms with Gasteiger partial charge in [-0.25, -0.2) is 0 Å². The second-order valence-electron chi connectivity index (χ2n) is 4.50. The van der Waals surface area contributed by atoms with E-state index in [1.165, 1.54) is 12.8 Å². The first-order valence-corrected chi connectivity index (χ1v) is 6.92. The Hall–Kier alpha value is -1.23. The molecule has 0 aromatic heterocycles. The lowest BCUT2D eigenvalue weighted by Gasteiger charge is -2.14. The zero-order valence-electron chi connectivity index (χ0n) is 10.1. The largest absolute Gasteiger partial charge is 0.480 e. The summed E-state index contributed by atoms with van der Waals surface area (Å²) >= 11 is 3.35. The van der Waals surface area contributed by atoms with Crippen LogP contribution >= 0.6 is 15.9 Å². The first-order valence-electron chi connectivity index (χ1n) is 6.13. The standard InChI is InChI=1S/C13H17BrN2O2/c14-10-6-3-7-11(15)13(10)18-8-12(17)16-9-4-1-2-5-9/h3,6-7,9H,1-2,4-5,8,15H2,(H,16,17). The Kier molecular flexibility index (Phi) is 4.47. The van der Waals surface area contributed by atoms with Gasteiger partial charge < -0.3 is 15.8 Å². The maximum Gasteiger partial charge on any atom is 0.258 e. The molecule has 1 aromatic rings. The van der Waals surface area contributed by atoms with Crippen molar-refractivity contribution in [3.63, 3.8) is 0 Å². The van der Waals surface area contributed by atoms with E-state index >= 15 is 0 Å². The smallest absolute Gasteiger partial charge is 0.258 e. The molecule has 1 fully saturated rings. The van der Waals surface area contributed by atoms with Gasteiger partial charge in [-0.2, -0.15) is 0 Å². The predicted molar refractivity (Wildman–Crippen MR) is 74.4 cm³/mol. The molecule has 0 unspecified atom stereocenters. The Morgan fingerprint density at radius 3 is 2.83 bits per heavy atom. The van der Waals surface area contributed by atoms with Crippen LogP contribution in [-0.4, -0.2) is 18.6 Å². The molecular weight excluding hydrogens is 296 g/mol. The van der Waals surface area contributed by atoms with E-state index in [1.54, 1.807) is 6.07 Å². The third-order valence-electron chi connectivity index (χ3n) is 3.07. The van der Waals surface area contributed by atoms with Gasteiger partial charge in [-0.1, -0.05) is 18.9 Å². The molecule has 1 aromatic carbocycles. The SMILES string of the molecule is Nc1cccc(Br)c1OCC(=O)NC1CCCC1. The number of nitrogen functional groups attached to an aromatic ring is 1. The third-order valence-corrected chi connectivity index (χ3v) is 3.69. The second kappa shape index (κ2) is 6.09. The van der Waals surface area contributed by atoms with Crippen molar-refractivity contribution in [2.75, 3.05) is 12.3 Å². The van der Waals surface area contributed by atoms with Gasteiger partial charge in [-0.15, -0.1) is 0 Å². The Balaban J connectivity index is 1.85. The normalized spacial score (nSPS) is 15.6. The molecular formula is C13H17BrN2O2. The first kappa shape index (κ1) is 13.2. The molecule has 1 amide bonds. The number of rotatable bonds is 4. The fourth-order valence-electron chi connectivity index (χ4n) is 2.16. The summed E-state index contributed by atoms with van der Waals surface area (Å²) in [6.45, 7) is 0.00329. The topological polar surface area (TPSA) is 64.3 Å². The van der Waals surface area contributed by atoms with Gasteiger partial charge in [0.1, 0.15) is 0 Å². The van der Waals surface area contributed by atoms with Crippen molar-refractivity contribution < 1.29 is 9.53 Å². The highest BCUT2D eigenvalue weighted by molar-refractivity contribution is 9.10. The average molecular weight is 313 g/mol. The maximum absolute atomic E-state index is 11.7. The summed E-state index contributed by atoms with van der Waals surface area (Å²) in [5.41, 5.74) is 6.31. The number of carbonyl (C=O) groups excluding carboxylic acids is 1. The minimum atomic E-state index is -0.0861. The third kappa shape index (κ3) is 3.38. The second-order valence-corrected chi connectivity index (χ2v) is 5.35. The van der Waals surface area contributed by atoms with E-state index in [-0.39, 0.29) is 12.5 Å². The molecule has 18 heavy (non-hydrogen) atoms. The van der Waals surface area contributed by atoms with Crippen LogP contribution in [0.25, 0.3) is 0 Å². The number of carbonyl (C=O) groups is 1. The summed E-state index contributed by atoms with van der Waals surface area (Å²) in [7, 11) is 0. The zero-order chi connectivity index (χ0) is 13.0. The summed E-state index contributed by atoms with van der Waals surface area (Å²) in [4.78, 5) is 11.7. The quantitative estimate of drug-likeness (QED) is 0.839. The zero-order valence-corrected chi connectivity index (χ0v) is 11.7. The van der Waals surface area contributed by atoms with E-state index in [4.69, 9.17) is 10.5 Å². The summed E-state index contributed by atoms with van der Waals surface area (Å²) in [5, 5.41) is 2.97. The Bertz CT molecular complexity index is 411. The summed E-state index contributed by atoms with van der Waals surface area (Å²) < 4.78 is 6.22. The molecule has 0 atom stereocenters.